The lowest BCUT2D eigenvalue weighted by Crippen LogP contribution is -2.10. The van der Waals surface area contributed by atoms with Crippen molar-refractivity contribution in [1.29, 1.82) is 0 Å². The molecule has 132 valence electrons. The van der Waals surface area contributed by atoms with Crippen molar-refractivity contribution in [2.75, 3.05) is 0 Å². The first-order valence-corrected chi connectivity index (χ1v) is 8.80. The Bertz CT molecular complexity index is 959. The van der Waals surface area contributed by atoms with E-state index >= 15 is 0 Å². The molecular weight excluding hydrogens is 320 g/mol. The number of carbonyl (C=O) groups is 1. The zero-order valence-corrected chi connectivity index (χ0v) is 15.8. The van der Waals surface area contributed by atoms with Crippen molar-refractivity contribution >= 4 is 17.9 Å². The van der Waals surface area contributed by atoms with Gasteiger partial charge in [0.05, 0.1) is 0 Å². The second-order valence-electron chi connectivity index (χ2n) is 6.76. The lowest BCUT2D eigenvalue weighted by Gasteiger charge is -2.08. The highest BCUT2D eigenvalue weighted by molar-refractivity contribution is 5.96. The molecule has 0 fully saturated rings. The number of nitrogens with zero attached hydrogens (tertiary/aromatic N) is 2. The summed E-state index contributed by atoms with van der Waals surface area (Å²) in [5, 5.41) is 4.07. The maximum absolute atomic E-state index is 12.4. The Morgan fingerprint density at radius 1 is 1.00 bits per heavy atom. The Morgan fingerprint density at radius 3 is 2.35 bits per heavy atom. The van der Waals surface area contributed by atoms with Gasteiger partial charge in [0.25, 0.3) is 0 Å². The molecular formula is C23H24N2O. The van der Waals surface area contributed by atoms with E-state index in [0.717, 1.165) is 16.7 Å². The average Bonchev–Trinajstić information content (AvgIpc) is 3.03. The normalized spacial score (nSPS) is 11.2. The van der Waals surface area contributed by atoms with Gasteiger partial charge in [-0.15, -0.1) is 0 Å². The molecule has 0 saturated heterocycles. The summed E-state index contributed by atoms with van der Waals surface area (Å²) in [5.41, 5.74) is 7.78. The average molecular weight is 344 g/mol. The van der Waals surface area contributed by atoms with E-state index in [2.05, 4.69) is 68.4 Å². The number of hydrogen-bond donors (Lipinski definition) is 0. The molecule has 0 unspecified atom stereocenters. The van der Waals surface area contributed by atoms with Crippen molar-refractivity contribution in [2.24, 2.45) is 7.05 Å². The third kappa shape index (κ3) is 3.83. The molecule has 0 spiro atoms. The number of benzene rings is 2. The van der Waals surface area contributed by atoms with Gasteiger partial charge in [0.15, 0.2) is 5.78 Å². The monoisotopic (exact) mass is 344 g/mol. The van der Waals surface area contributed by atoms with Crippen molar-refractivity contribution in [1.82, 2.24) is 9.78 Å². The highest BCUT2D eigenvalue weighted by Crippen LogP contribution is 2.19. The van der Waals surface area contributed by atoms with Gasteiger partial charge in [-0.3, -0.25) is 9.48 Å². The van der Waals surface area contributed by atoms with E-state index in [1.165, 1.54) is 16.7 Å². The summed E-state index contributed by atoms with van der Waals surface area (Å²) in [6.07, 6.45) is 6.35. The first-order chi connectivity index (χ1) is 12.5. The summed E-state index contributed by atoms with van der Waals surface area (Å²) < 4.78 is 1.62. The Labute approximate surface area is 155 Å². The largest absolute Gasteiger partial charge is 0.292 e. The van der Waals surface area contributed by atoms with Crippen molar-refractivity contribution in [3.8, 4) is 0 Å². The predicted molar refractivity (Wildman–Crippen MR) is 107 cm³/mol. The fourth-order valence-corrected chi connectivity index (χ4v) is 3.20. The van der Waals surface area contributed by atoms with Crippen LogP contribution in [0.2, 0.25) is 0 Å². The Balaban J connectivity index is 1.78. The van der Waals surface area contributed by atoms with Crippen molar-refractivity contribution in [2.45, 2.75) is 27.2 Å². The van der Waals surface area contributed by atoms with Crippen LogP contribution in [0.3, 0.4) is 0 Å². The molecule has 1 aromatic heterocycles. The van der Waals surface area contributed by atoms with Crippen LogP contribution in [0.25, 0.3) is 12.2 Å². The quantitative estimate of drug-likeness (QED) is 0.485. The van der Waals surface area contributed by atoms with Crippen molar-refractivity contribution in [3.63, 3.8) is 0 Å². The van der Waals surface area contributed by atoms with E-state index in [1.807, 2.05) is 6.07 Å². The number of hydrogen-bond acceptors (Lipinski definition) is 2. The zero-order chi connectivity index (χ0) is 18.7. The topological polar surface area (TPSA) is 34.9 Å². The predicted octanol–water partition coefficient (Wildman–Crippen LogP) is 4.94. The van der Waals surface area contributed by atoms with Gasteiger partial charge in [0, 0.05) is 19.7 Å². The van der Waals surface area contributed by atoms with E-state index in [9.17, 15) is 4.79 Å². The number of carbonyl (C=O) groups excluding carboxylic acids is 1. The van der Waals surface area contributed by atoms with Crippen LogP contribution >= 0.6 is 0 Å². The van der Waals surface area contributed by atoms with Gasteiger partial charge in [0.2, 0.25) is 0 Å². The van der Waals surface area contributed by atoms with Gasteiger partial charge in [0.1, 0.15) is 5.69 Å². The van der Waals surface area contributed by atoms with Crippen molar-refractivity contribution in [3.05, 3.63) is 87.7 Å². The van der Waals surface area contributed by atoms with Gasteiger partial charge in [-0.2, -0.15) is 5.10 Å². The summed E-state index contributed by atoms with van der Waals surface area (Å²) in [4.78, 5) is 12.4. The van der Waals surface area contributed by atoms with E-state index < -0.39 is 0 Å². The van der Waals surface area contributed by atoms with Crippen LogP contribution in [0, 0.1) is 20.8 Å². The molecule has 0 atom stereocenters. The van der Waals surface area contributed by atoms with E-state index in [4.69, 9.17) is 0 Å². The van der Waals surface area contributed by atoms with Crippen LogP contribution in [0.5, 0.6) is 0 Å². The van der Waals surface area contributed by atoms with Gasteiger partial charge < -0.3 is 0 Å². The van der Waals surface area contributed by atoms with Gasteiger partial charge in [-0.1, -0.05) is 48.6 Å². The van der Waals surface area contributed by atoms with Crippen LogP contribution < -0.4 is 0 Å². The van der Waals surface area contributed by atoms with E-state index in [0.29, 0.717) is 12.1 Å². The molecule has 0 bridgehead atoms. The van der Waals surface area contributed by atoms with Crippen LogP contribution in [0.15, 0.2) is 48.7 Å². The molecule has 0 N–H and O–H groups in total. The summed E-state index contributed by atoms with van der Waals surface area (Å²) in [5.74, 6) is 0.0897. The fraction of sp³-hybridized carbons (Fsp3) is 0.217. The van der Waals surface area contributed by atoms with Crippen LogP contribution in [-0.4, -0.2) is 15.6 Å². The number of aromatic nitrogens is 2. The summed E-state index contributed by atoms with van der Waals surface area (Å²) in [7, 11) is 1.79. The minimum Gasteiger partial charge on any atom is -0.292 e. The van der Waals surface area contributed by atoms with Crippen LogP contribution in [-0.2, 0) is 13.5 Å². The zero-order valence-electron chi connectivity index (χ0n) is 15.8. The Kier molecular flexibility index (Phi) is 5.17. The molecule has 3 rings (SSSR count). The SMILES string of the molecule is Cc1cc(/C=C/c2c(C)cccc2C)ccc1CC(=O)c1ccnn1C. The minimum absolute atomic E-state index is 0.0897. The van der Waals surface area contributed by atoms with E-state index in [1.54, 1.807) is 24.0 Å². The maximum atomic E-state index is 12.4. The highest BCUT2D eigenvalue weighted by Gasteiger charge is 2.12. The Hall–Kier alpha value is -2.94. The first-order valence-electron chi connectivity index (χ1n) is 8.80. The number of aryl methyl sites for hydroxylation is 4. The van der Waals surface area contributed by atoms with Gasteiger partial charge in [-0.05, 0) is 60.2 Å². The van der Waals surface area contributed by atoms with Crippen molar-refractivity contribution < 1.29 is 4.79 Å². The molecule has 0 amide bonds. The second-order valence-corrected chi connectivity index (χ2v) is 6.76. The molecule has 0 aliphatic rings. The number of Topliss-reactive ketones (excluding diaryl/α,β-unsaturated/α-hetero) is 1. The second kappa shape index (κ2) is 7.52. The summed E-state index contributed by atoms with van der Waals surface area (Å²) in [6.45, 7) is 6.32. The molecule has 0 aliphatic heterocycles. The minimum atomic E-state index is 0.0897. The van der Waals surface area contributed by atoms with E-state index in [-0.39, 0.29) is 5.78 Å². The fourth-order valence-electron chi connectivity index (χ4n) is 3.20. The van der Waals surface area contributed by atoms with Crippen LogP contribution in [0.4, 0.5) is 0 Å². The molecule has 26 heavy (non-hydrogen) atoms. The molecule has 0 radical (unpaired) electrons. The van der Waals surface area contributed by atoms with Gasteiger partial charge >= 0.3 is 0 Å². The summed E-state index contributed by atoms with van der Waals surface area (Å²) >= 11 is 0. The number of rotatable bonds is 5. The standard InChI is InChI=1S/C23H24N2O/c1-16-6-5-7-17(2)21(16)11-9-19-8-10-20(18(3)14-19)15-23(26)22-12-13-24-25(22)4/h5-14H,15H2,1-4H3/b11-9+. The lowest BCUT2D eigenvalue weighted by atomic mass is 9.98. The highest BCUT2D eigenvalue weighted by atomic mass is 16.1. The Morgan fingerprint density at radius 2 is 1.73 bits per heavy atom. The molecule has 3 aromatic rings. The smallest absolute Gasteiger partial charge is 0.185 e. The lowest BCUT2D eigenvalue weighted by molar-refractivity contribution is 0.0984. The van der Waals surface area contributed by atoms with Gasteiger partial charge in [-0.25, -0.2) is 0 Å². The molecule has 1 heterocycles. The molecule has 0 saturated carbocycles. The third-order valence-corrected chi connectivity index (χ3v) is 4.81. The molecule has 3 heteroatoms. The molecule has 3 nitrogen and oxygen atoms in total. The third-order valence-electron chi connectivity index (χ3n) is 4.81. The van der Waals surface area contributed by atoms with Crippen LogP contribution in [0.1, 0.15) is 43.9 Å². The first kappa shape index (κ1) is 17.9. The molecule has 2 aromatic carbocycles. The maximum Gasteiger partial charge on any atom is 0.185 e. The molecule has 0 aliphatic carbocycles. The number of ketones is 1. The summed E-state index contributed by atoms with van der Waals surface area (Å²) in [6, 6.07) is 14.4.